The molecule has 0 saturated carbocycles. The number of imidazole rings is 1. The Morgan fingerprint density at radius 2 is 1.62 bits per heavy atom. The molecule has 5 rings (SSSR count). The van der Waals surface area contributed by atoms with Gasteiger partial charge in [-0.3, -0.25) is 0 Å². The highest BCUT2D eigenvalue weighted by molar-refractivity contribution is 5.85. The van der Waals surface area contributed by atoms with Gasteiger partial charge in [0.1, 0.15) is 12.4 Å². The van der Waals surface area contributed by atoms with E-state index in [1.165, 1.54) is 34.1 Å². The highest BCUT2D eigenvalue weighted by atomic mass is 35.5. The second-order valence-corrected chi connectivity index (χ2v) is 6.26. The monoisotopic (exact) mass is 338 g/mol. The van der Waals surface area contributed by atoms with Crippen molar-refractivity contribution in [3.63, 3.8) is 0 Å². The third kappa shape index (κ3) is 1.83. The molecule has 0 saturated heterocycles. The van der Waals surface area contributed by atoms with Crippen molar-refractivity contribution < 1.29 is 17.0 Å². The van der Waals surface area contributed by atoms with E-state index in [2.05, 4.69) is 87.6 Å². The molecular weight excluding hydrogens is 320 g/mol. The molecule has 0 N–H and O–H groups in total. The summed E-state index contributed by atoms with van der Waals surface area (Å²) in [6, 6.07) is 17.3. The second-order valence-electron chi connectivity index (χ2n) is 6.26. The number of aromatic nitrogens is 2. The Balaban J connectivity index is 0.00000146. The van der Waals surface area contributed by atoms with Crippen molar-refractivity contribution in [2.75, 3.05) is 23.4 Å². The van der Waals surface area contributed by atoms with Crippen molar-refractivity contribution in [1.82, 2.24) is 4.57 Å². The summed E-state index contributed by atoms with van der Waals surface area (Å²) in [5.74, 6) is 2.51. The van der Waals surface area contributed by atoms with Crippen LogP contribution in [0.3, 0.4) is 0 Å². The normalized spacial score (nSPS) is 15.3. The quantitative estimate of drug-likeness (QED) is 0.525. The standard InChI is InChI=1S/C19H19N4.ClH/c1-20-14-7-3-5-9-16(14)22-11-12-23-17-10-6-4-8-15(17)21(2)19(23)13-18(20)22;/h3-10,13H,11-12H2,1-2H3;1H/q+1;/p-1. The fourth-order valence-electron chi connectivity index (χ4n) is 3.94. The molecule has 0 unspecified atom stereocenters. The Kier molecular flexibility index (Phi) is 3.32. The molecule has 122 valence electrons. The third-order valence-corrected chi connectivity index (χ3v) is 5.11. The maximum Gasteiger partial charge on any atom is 0.285 e. The topological polar surface area (TPSA) is 15.3 Å². The molecule has 0 atom stereocenters. The first-order chi connectivity index (χ1) is 11.3. The van der Waals surface area contributed by atoms with Crippen LogP contribution in [0.1, 0.15) is 5.82 Å². The zero-order valence-electron chi connectivity index (χ0n) is 13.8. The van der Waals surface area contributed by atoms with E-state index < -0.39 is 0 Å². The number of hydrogen-bond donors (Lipinski definition) is 0. The second kappa shape index (κ2) is 5.28. The number of anilines is 2. The van der Waals surface area contributed by atoms with Gasteiger partial charge >= 0.3 is 0 Å². The number of hydrogen-bond acceptors (Lipinski definition) is 2. The Bertz CT molecular complexity index is 973. The van der Waals surface area contributed by atoms with Crippen molar-refractivity contribution in [1.29, 1.82) is 0 Å². The van der Waals surface area contributed by atoms with Crippen LogP contribution in [-0.2, 0) is 13.6 Å². The molecule has 2 aliphatic rings. The van der Waals surface area contributed by atoms with Gasteiger partial charge in [-0.2, -0.15) is 0 Å². The lowest BCUT2D eigenvalue weighted by atomic mass is 10.2. The maximum atomic E-state index is 2.43. The third-order valence-electron chi connectivity index (χ3n) is 5.11. The van der Waals surface area contributed by atoms with Gasteiger partial charge in [0.15, 0.2) is 11.0 Å². The molecule has 5 heteroatoms. The molecule has 0 amide bonds. The summed E-state index contributed by atoms with van der Waals surface area (Å²) in [6.07, 6.45) is 2.31. The fourth-order valence-corrected chi connectivity index (χ4v) is 3.94. The minimum Gasteiger partial charge on any atom is -1.00 e. The van der Waals surface area contributed by atoms with E-state index in [-0.39, 0.29) is 12.4 Å². The van der Waals surface area contributed by atoms with Gasteiger partial charge in [-0.1, -0.05) is 24.3 Å². The highest BCUT2D eigenvalue weighted by Gasteiger charge is 2.34. The average molecular weight is 339 g/mol. The summed E-state index contributed by atoms with van der Waals surface area (Å²) >= 11 is 0. The predicted octanol–water partition coefficient (Wildman–Crippen LogP) is -0.262. The van der Waals surface area contributed by atoms with Crippen LogP contribution in [0.4, 0.5) is 11.4 Å². The van der Waals surface area contributed by atoms with Crippen molar-refractivity contribution in [2.24, 2.45) is 7.05 Å². The van der Waals surface area contributed by atoms with E-state index in [1.807, 2.05) is 0 Å². The molecule has 1 aromatic heterocycles. The fraction of sp³-hybridized carbons (Fsp3) is 0.211. The van der Waals surface area contributed by atoms with Crippen LogP contribution in [0.15, 0.2) is 54.4 Å². The van der Waals surface area contributed by atoms with E-state index >= 15 is 0 Å². The minimum absolute atomic E-state index is 0. The van der Waals surface area contributed by atoms with Gasteiger partial charge in [-0.15, -0.1) is 0 Å². The summed E-state index contributed by atoms with van der Waals surface area (Å²) in [7, 11) is 4.31. The smallest absolute Gasteiger partial charge is 0.285 e. The number of benzene rings is 2. The summed E-state index contributed by atoms with van der Waals surface area (Å²) in [4.78, 5) is 4.72. The Labute approximate surface area is 147 Å². The molecule has 3 heterocycles. The maximum absolute atomic E-state index is 2.43. The average Bonchev–Trinajstić information content (AvgIpc) is 2.91. The Morgan fingerprint density at radius 3 is 2.46 bits per heavy atom. The van der Waals surface area contributed by atoms with Gasteiger partial charge in [0, 0.05) is 7.05 Å². The zero-order valence-corrected chi connectivity index (χ0v) is 14.5. The molecule has 2 aromatic carbocycles. The van der Waals surface area contributed by atoms with Crippen molar-refractivity contribution >= 4 is 28.5 Å². The Morgan fingerprint density at radius 1 is 0.917 bits per heavy atom. The lowest BCUT2D eigenvalue weighted by Crippen LogP contribution is -3.00. The molecule has 0 radical (unpaired) electrons. The lowest BCUT2D eigenvalue weighted by Gasteiger charge is -2.19. The van der Waals surface area contributed by atoms with Gasteiger partial charge in [0.05, 0.1) is 31.0 Å². The first kappa shape index (κ1) is 15.1. The molecule has 0 spiro atoms. The minimum atomic E-state index is 0. The number of fused-ring (bicyclic) bond motifs is 6. The number of rotatable bonds is 0. The van der Waals surface area contributed by atoms with Crippen LogP contribution in [0.25, 0.3) is 17.1 Å². The van der Waals surface area contributed by atoms with Crippen LogP contribution in [-0.4, -0.2) is 18.2 Å². The number of nitrogens with zero attached hydrogens (tertiary/aromatic N) is 4. The highest BCUT2D eigenvalue weighted by Crippen LogP contribution is 2.41. The van der Waals surface area contributed by atoms with Crippen molar-refractivity contribution in [3.05, 3.63) is 60.2 Å². The number of aryl methyl sites for hydroxylation is 1. The van der Waals surface area contributed by atoms with Crippen LogP contribution in [0.2, 0.25) is 0 Å². The van der Waals surface area contributed by atoms with Gasteiger partial charge in [-0.25, -0.2) is 9.13 Å². The largest absolute Gasteiger partial charge is 1.00 e. The molecule has 24 heavy (non-hydrogen) atoms. The molecule has 2 aliphatic heterocycles. The Hall–Kier alpha value is -2.46. The summed E-state index contributed by atoms with van der Waals surface area (Å²) in [6.45, 7) is 1.97. The van der Waals surface area contributed by atoms with Crippen LogP contribution >= 0.6 is 0 Å². The van der Waals surface area contributed by atoms with E-state index in [0.29, 0.717) is 0 Å². The SMILES string of the molecule is CN1C2=Cc3n(c4ccccc4[n+]3C)CCN2c2ccccc21.[Cl-]. The summed E-state index contributed by atoms with van der Waals surface area (Å²) in [5.41, 5.74) is 5.18. The van der Waals surface area contributed by atoms with Gasteiger partial charge < -0.3 is 22.2 Å². The van der Waals surface area contributed by atoms with E-state index in [0.717, 1.165) is 13.1 Å². The zero-order chi connectivity index (χ0) is 15.6. The molecule has 0 bridgehead atoms. The van der Waals surface area contributed by atoms with E-state index in [1.54, 1.807) is 0 Å². The lowest BCUT2D eigenvalue weighted by molar-refractivity contribution is -0.647. The van der Waals surface area contributed by atoms with Crippen LogP contribution in [0.5, 0.6) is 0 Å². The van der Waals surface area contributed by atoms with Crippen molar-refractivity contribution in [3.8, 4) is 0 Å². The summed E-state index contributed by atoms with van der Waals surface area (Å²) in [5, 5.41) is 0. The number of halogens is 1. The van der Waals surface area contributed by atoms with E-state index in [9.17, 15) is 0 Å². The summed E-state index contributed by atoms with van der Waals surface area (Å²) < 4.78 is 4.72. The van der Waals surface area contributed by atoms with Crippen LogP contribution < -0.4 is 26.8 Å². The molecular formula is C19H19ClN4. The first-order valence-corrected chi connectivity index (χ1v) is 8.05. The number of para-hydroxylation sites is 4. The van der Waals surface area contributed by atoms with Crippen molar-refractivity contribution in [2.45, 2.75) is 6.54 Å². The predicted molar refractivity (Wildman–Crippen MR) is 93.3 cm³/mol. The molecule has 4 nitrogen and oxygen atoms in total. The molecule has 3 aromatic rings. The van der Waals surface area contributed by atoms with Crippen LogP contribution in [0, 0.1) is 0 Å². The van der Waals surface area contributed by atoms with E-state index in [4.69, 9.17) is 0 Å². The first-order valence-electron chi connectivity index (χ1n) is 8.05. The van der Waals surface area contributed by atoms with Gasteiger partial charge in [-0.05, 0) is 24.3 Å². The molecule has 0 aliphatic carbocycles. The molecule has 0 fully saturated rings. The van der Waals surface area contributed by atoms with Gasteiger partial charge in [0.25, 0.3) is 5.82 Å². The van der Waals surface area contributed by atoms with Gasteiger partial charge in [0.2, 0.25) is 0 Å².